The number of sulfonamides is 1. The standard InChI is InChI=1S/C35H57F3N6O7S/c1-6-20-39-31(47)29(45)26(15-19-35(36,37)38)40-30(46)28-25(23(2)3)16-21-44(28)32(48)27(24-13-9-7-10-14-24)41-33(49)42-34(17-11-8-12-18-34)22-43(4)52(5,50)51/h6,23-28H,1,7-22H2,2-5H3,(H,39,47)(H,40,46)(H2,41,42,49)/t25-,26?,27+,28+/m1/s1. The van der Waals surface area contributed by atoms with Crippen LogP contribution in [0.5, 0.6) is 0 Å². The summed E-state index contributed by atoms with van der Waals surface area (Å²) in [6.45, 7) is 7.24. The van der Waals surface area contributed by atoms with E-state index in [4.69, 9.17) is 0 Å². The molecule has 13 nitrogen and oxygen atoms in total. The van der Waals surface area contributed by atoms with Crippen LogP contribution in [0.3, 0.4) is 0 Å². The van der Waals surface area contributed by atoms with Crippen molar-refractivity contribution in [2.75, 3.05) is 32.9 Å². The van der Waals surface area contributed by atoms with Crippen molar-refractivity contribution in [1.82, 2.24) is 30.5 Å². The van der Waals surface area contributed by atoms with Crippen molar-refractivity contribution in [3.63, 3.8) is 0 Å². The van der Waals surface area contributed by atoms with E-state index >= 15 is 0 Å². The molecular weight excluding hydrogens is 705 g/mol. The molecule has 0 aromatic carbocycles. The highest BCUT2D eigenvalue weighted by Crippen LogP contribution is 2.35. The number of amides is 5. The van der Waals surface area contributed by atoms with Crippen LogP contribution in [0, 0.1) is 17.8 Å². The minimum Gasteiger partial charge on any atom is -0.346 e. The molecule has 0 aromatic rings. The van der Waals surface area contributed by atoms with Crippen molar-refractivity contribution in [2.24, 2.45) is 17.8 Å². The van der Waals surface area contributed by atoms with Gasteiger partial charge >= 0.3 is 12.2 Å². The summed E-state index contributed by atoms with van der Waals surface area (Å²) in [5, 5.41) is 10.5. The number of likely N-dealkylation sites (tertiary alicyclic amines) is 1. The summed E-state index contributed by atoms with van der Waals surface area (Å²) in [6.07, 6.45) is 3.34. The Morgan fingerprint density at radius 3 is 2.15 bits per heavy atom. The van der Waals surface area contributed by atoms with Crippen molar-refractivity contribution in [1.29, 1.82) is 0 Å². The molecule has 1 saturated heterocycles. The van der Waals surface area contributed by atoms with Crippen LogP contribution in [-0.2, 0) is 29.2 Å². The molecule has 0 radical (unpaired) electrons. The van der Waals surface area contributed by atoms with Gasteiger partial charge in [0.2, 0.25) is 27.6 Å². The van der Waals surface area contributed by atoms with Crippen molar-refractivity contribution in [3.8, 4) is 0 Å². The second kappa shape index (κ2) is 18.7. The fourth-order valence-electron chi connectivity index (χ4n) is 7.88. The van der Waals surface area contributed by atoms with Gasteiger partial charge in [-0.2, -0.15) is 13.2 Å². The Kier molecular flexibility index (Phi) is 15.5. The second-order valence-corrected chi connectivity index (χ2v) is 17.2. The van der Waals surface area contributed by atoms with Gasteiger partial charge in [-0.15, -0.1) is 6.58 Å². The van der Waals surface area contributed by atoms with Gasteiger partial charge in [0.1, 0.15) is 12.1 Å². The fourth-order valence-corrected chi connectivity index (χ4v) is 8.36. The number of Topliss-reactive ketones (excluding diaryl/α,β-unsaturated/α-hetero) is 1. The summed E-state index contributed by atoms with van der Waals surface area (Å²) >= 11 is 0. The normalized spacial score (nSPS) is 22.4. The first kappa shape index (κ1) is 43.2. The van der Waals surface area contributed by atoms with Crippen molar-refractivity contribution in [2.45, 2.75) is 127 Å². The number of carbonyl (C=O) groups excluding carboxylic acids is 5. The van der Waals surface area contributed by atoms with Gasteiger partial charge in [-0.1, -0.05) is 58.4 Å². The smallest absolute Gasteiger partial charge is 0.346 e. The van der Waals surface area contributed by atoms with Gasteiger partial charge in [0, 0.05) is 33.1 Å². The molecule has 0 spiro atoms. The first-order valence-corrected chi connectivity index (χ1v) is 20.2. The fraction of sp³-hybridized carbons (Fsp3) is 0.800. The largest absolute Gasteiger partial charge is 0.389 e. The van der Waals surface area contributed by atoms with Crippen LogP contribution in [0.4, 0.5) is 18.0 Å². The van der Waals surface area contributed by atoms with Gasteiger partial charge in [0.25, 0.3) is 5.91 Å². The van der Waals surface area contributed by atoms with Gasteiger partial charge in [-0.05, 0) is 56.3 Å². The van der Waals surface area contributed by atoms with Gasteiger partial charge in [-0.3, -0.25) is 19.2 Å². The highest BCUT2D eigenvalue weighted by Gasteiger charge is 2.48. The molecule has 52 heavy (non-hydrogen) atoms. The molecule has 3 aliphatic rings. The molecule has 296 valence electrons. The summed E-state index contributed by atoms with van der Waals surface area (Å²) in [6, 6.07) is -4.63. The number of nitrogens with zero attached hydrogens (tertiary/aromatic N) is 2. The minimum absolute atomic E-state index is 0.0611. The predicted octanol–water partition coefficient (Wildman–Crippen LogP) is 3.40. The number of ketones is 1. The molecule has 17 heteroatoms. The van der Waals surface area contributed by atoms with Crippen molar-refractivity contribution in [3.05, 3.63) is 12.7 Å². The number of rotatable bonds is 16. The maximum atomic E-state index is 14.6. The topological polar surface area (TPSA) is 174 Å². The molecule has 1 unspecified atom stereocenters. The van der Waals surface area contributed by atoms with E-state index in [1.165, 1.54) is 22.3 Å². The summed E-state index contributed by atoms with van der Waals surface area (Å²) < 4.78 is 65.6. The third kappa shape index (κ3) is 12.2. The molecular formula is C35H57F3N6O7S. The Balaban J connectivity index is 1.91. The average Bonchev–Trinajstić information content (AvgIpc) is 3.53. The molecule has 0 bridgehead atoms. The zero-order chi connectivity index (χ0) is 38.9. The maximum absolute atomic E-state index is 14.6. The van der Waals surface area contributed by atoms with Gasteiger partial charge < -0.3 is 26.2 Å². The molecule has 1 aliphatic heterocycles. The summed E-state index contributed by atoms with van der Waals surface area (Å²) in [5.41, 5.74) is -0.852. The van der Waals surface area contributed by atoms with Crippen LogP contribution in [0.15, 0.2) is 12.7 Å². The molecule has 4 atom stereocenters. The first-order chi connectivity index (χ1) is 24.3. The van der Waals surface area contributed by atoms with E-state index < -0.39 is 88.2 Å². The summed E-state index contributed by atoms with van der Waals surface area (Å²) in [4.78, 5) is 69.2. The lowest BCUT2D eigenvalue weighted by Crippen LogP contribution is -2.63. The Labute approximate surface area is 305 Å². The number of likely N-dealkylation sites (N-methyl/N-ethyl adjacent to an activating group) is 1. The minimum atomic E-state index is -4.66. The maximum Gasteiger partial charge on any atom is 0.389 e. The number of carbonyl (C=O) groups is 5. The Bertz CT molecular complexity index is 1400. The number of halogens is 3. The summed E-state index contributed by atoms with van der Waals surface area (Å²) in [5.74, 6) is -4.60. The van der Waals surface area contributed by atoms with Gasteiger partial charge in [-0.25, -0.2) is 17.5 Å². The monoisotopic (exact) mass is 762 g/mol. The van der Waals surface area contributed by atoms with Crippen LogP contribution in [0.1, 0.15) is 97.3 Å². The van der Waals surface area contributed by atoms with E-state index in [2.05, 4.69) is 27.8 Å². The molecule has 4 N–H and O–H groups in total. The third-order valence-electron chi connectivity index (χ3n) is 10.8. The van der Waals surface area contributed by atoms with Crippen molar-refractivity contribution < 1.29 is 45.6 Å². The number of nitrogens with one attached hydrogen (secondary N) is 4. The number of hydrogen-bond donors (Lipinski definition) is 4. The van der Waals surface area contributed by atoms with Crippen LogP contribution in [-0.4, -0.2) is 110 Å². The number of alkyl halides is 3. The Hall–Kier alpha value is -3.21. The van der Waals surface area contributed by atoms with E-state index in [9.17, 15) is 45.6 Å². The lowest BCUT2D eigenvalue weighted by atomic mass is 9.81. The first-order valence-electron chi connectivity index (χ1n) is 18.4. The van der Waals surface area contributed by atoms with E-state index in [1.807, 2.05) is 13.8 Å². The molecule has 3 fully saturated rings. The van der Waals surface area contributed by atoms with E-state index in [0.717, 1.165) is 44.8 Å². The third-order valence-corrected chi connectivity index (χ3v) is 12.0. The second-order valence-electron chi connectivity index (χ2n) is 15.1. The zero-order valence-corrected chi connectivity index (χ0v) is 31.7. The quantitative estimate of drug-likeness (QED) is 0.138. The van der Waals surface area contributed by atoms with E-state index in [-0.39, 0.29) is 31.5 Å². The lowest BCUT2D eigenvalue weighted by molar-refractivity contribution is -0.147. The number of hydrogen-bond acceptors (Lipinski definition) is 7. The van der Waals surface area contributed by atoms with Crippen LogP contribution < -0.4 is 21.3 Å². The zero-order valence-electron chi connectivity index (χ0n) is 30.9. The highest BCUT2D eigenvalue weighted by molar-refractivity contribution is 7.88. The van der Waals surface area contributed by atoms with Gasteiger partial charge in [0.15, 0.2) is 0 Å². The molecule has 0 aromatic heterocycles. The Morgan fingerprint density at radius 2 is 1.60 bits per heavy atom. The van der Waals surface area contributed by atoms with E-state index in [1.54, 1.807) is 0 Å². The van der Waals surface area contributed by atoms with E-state index in [0.29, 0.717) is 32.1 Å². The number of urea groups is 1. The molecule has 1 heterocycles. The average molecular weight is 763 g/mol. The predicted molar refractivity (Wildman–Crippen MR) is 189 cm³/mol. The Morgan fingerprint density at radius 1 is 0.981 bits per heavy atom. The molecule has 3 rings (SSSR count). The molecule has 5 amide bonds. The van der Waals surface area contributed by atoms with Crippen LogP contribution >= 0.6 is 0 Å². The van der Waals surface area contributed by atoms with Crippen LogP contribution in [0.2, 0.25) is 0 Å². The molecule has 2 saturated carbocycles. The molecule has 2 aliphatic carbocycles. The lowest BCUT2D eigenvalue weighted by Gasteiger charge is -2.41. The summed E-state index contributed by atoms with van der Waals surface area (Å²) in [7, 11) is -2.09. The highest BCUT2D eigenvalue weighted by atomic mass is 32.2. The SMILES string of the molecule is C=CCNC(=O)C(=O)C(CCC(F)(F)F)NC(=O)[C@@H]1[C@@H](C(C)C)CCN1C(=O)[C@@H](NC(=O)NC1(CN(C)S(C)(=O)=O)CCCCC1)C1CCCCC1. The van der Waals surface area contributed by atoms with Crippen molar-refractivity contribution >= 4 is 39.6 Å². The van der Waals surface area contributed by atoms with Crippen LogP contribution in [0.25, 0.3) is 0 Å². The van der Waals surface area contributed by atoms with Gasteiger partial charge in [0.05, 0.1) is 17.8 Å².